The number of nitrogens with two attached hydrogens (primary N) is 3. The monoisotopic (exact) mass is 1110 g/mol. The van der Waals surface area contributed by atoms with Gasteiger partial charge in [0, 0.05) is 23.3 Å². The summed E-state index contributed by atoms with van der Waals surface area (Å²) in [5.41, 5.74) is 14.0. The Morgan fingerprint density at radius 2 is 1.05 bits per heavy atom. The van der Waals surface area contributed by atoms with Crippen LogP contribution >= 0.6 is 23.5 Å². The first-order chi connectivity index (χ1) is 34.2. The van der Waals surface area contributed by atoms with Crippen LogP contribution in [0.25, 0.3) is 0 Å². The normalized spacial score (nSPS) is 12.4. The maximum Gasteiger partial charge on any atom is 0.416 e. The summed E-state index contributed by atoms with van der Waals surface area (Å²) in [6.07, 6.45) is -12.0. The summed E-state index contributed by atoms with van der Waals surface area (Å²) in [5, 5.41) is 48.2. The van der Waals surface area contributed by atoms with Gasteiger partial charge in [0.05, 0.1) is 27.5 Å². The number of nitriles is 2. The Labute approximate surface area is 426 Å². The number of aliphatic carboxylic acids is 1. The first-order valence-corrected chi connectivity index (χ1v) is 23.9. The molecule has 4 atom stereocenters. The van der Waals surface area contributed by atoms with Crippen LogP contribution in [-0.4, -0.2) is 94.3 Å². The number of carboxylic acid groups (broad SMARTS) is 1. The Morgan fingerprint density at radius 1 is 0.662 bits per heavy atom. The van der Waals surface area contributed by atoms with Gasteiger partial charge in [-0.2, -0.15) is 55.0 Å². The van der Waals surface area contributed by atoms with Gasteiger partial charge in [0.25, 0.3) is 11.8 Å². The van der Waals surface area contributed by atoms with Crippen molar-refractivity contribution >= 4 is 81.1 Å². The van der Waals surface area contributed by atoms with Crippen LogP contribution in [-0.2, 0) is 43.7 Å². The third-order valence-corrected chi connectivity index (χ3v) is 10.3. The van der Waals surface area contributed by atoms with Gasteiger partial charge in [0.15, 0.2) is 11.1 Å². The van der Waals surface area contributed by atoms with E-state index >= 15 is 0 Å². The lowest BCUT2D eigenvalue weighted by atomic mass is 10.2. The molecule has 5 aromatic rings. The quantitative estimate of drug-likeness (QED) is 0.0296. The summed E-state index contributed by atoms with van der Waals surface area (Å²) in [6.45, 7) is 3.78. The van der Waals surface area contributed by atoms with Crippen LogP contribution in [0.2, 0.25) is 0 Å². The molecule has 3 aromatic carbocycles. The molecule has 0 bridgehead atoms. The number of benzene rings is 3. The number of nitrogen functional groups attached to an aromatic ring is 3. The summed E-state index contributed by atoms with van der Waals surface area (Å²) < 4.78 is 128. The summed E-state index contributed by atoms with van der Waals surface area (Å²) >= 11 is 2.43. The number of aliphatic hydroxyl groups is 2. The molecular weight excluding hydrogens is 1070 g/mol. The Balaban J connectivity index is 0.000000501. The maximum absolute atomic E-state index is 12.7. The number of hydrogen-bond donors (Lipinski definition) is 8. The number of hydrogen-bond acceptors (Lipinski definition) is 18. The van der Waals surface area contributed by atoms with Crippen LogP contribution in [0.3, 0.4) is 0 Å². The standard InChI is InChI=1S/C16H14F3N5O2S.C10H10F3NO2.C7H6F3N.C7H8N4OS2.C3H6O3/c1-8(26-13-11(7-20)14(27-2)24-15(21)23-13)12(25)22-10-5-3-4-9(6-10)16(17,18)19;1-6(15)9(16)14-8-4-2-3-7(5-8)10(11,12)13;8-7(9,10)5-2-1-3-6(11)4-5;1-13-5-4(3-8)6(14(2)12)11-7(9)10-5;1-2(4)3(5)6/h3-6,8H,1-2H3,(H,22,25)(H2,21,23,24);2-6,15H,1H3,(H,14,16);1-4H,11H2;1-2H3,(H2,9,10,11);2,4H,1H3,(H,5,6)/t8-;6-;;;2-/m00..0/s1. The van der Waals surface area contributed by atoms with Gasteiger partial charge < -0.3 is 47.9 Å². The molecule has 2 amide bonds. The second kappa shape index (κ2) is 29.3. The molecule has 0 saturated carbocycles. The first kappa shape index (κ1) is 64.6. The molecule has 0 fully saturated rings. The molecular formula is C43H44F9N11O8S3. The number of carbonyl (C=O) groups is 3. The summed E-state index contributed by atoms with van der Waals surface area (Å²) in [4.78, 5) is 48.1. The van der Waals surface area contributed by atoms with Gasteiger partial charge in [-0.05, 0) is 87.9 Å². The average Bonchev–Trinajstić information content (AvgIpc) is 3.31. The zero-order valence-electron chi connectivity index (χ0n) is 39.1. The fourth-order valence-electron chi connectivity index (χ4n) is 4.63. The van der Waals surface area contributed by atoms with E-state index in [-0.39, 0.29) is 56.0 Å². The number of carboxylic acids is 1. The number of rotatable bonds is 10. The van der Waals surface area contributed by atoms with E-state index in [0.29, 0.717) is 5.03 Å². The third-order valence-electron chi connectivity index (χ3n) is 8.13. The van der Waals surface area contributed by atoms with Crippen molar-refractivity contribution in [3.8, 4) is 18.0 Å². The molecule has 400 valence electrons. The SMILES string of the molecule is CSc1nc(N)nc(O[C@@H](C)C(=O)Nc2cccc(C(F)(F)F)c2)c1C#N.CSc1nc(N)nc(S(C)=O)c1C#N.C[C@H](O)C(=O)Nc1cccc(C(F)(F)F)c1.C[C@H](O)C(=O)O.Nc1cccc(C(F)(F)F)c1. The molecule has 0 spiro atoms. The third kappa shape index (κ3) is 22.1. The molecule has 2 aromatic heterocycles. The smallest absolute Gasteiger partial charge is 0.416 e. The number of anilines is 5. The number of amides is 2. The van der Waals surface area contributed by atoms with Crippen LogP contribution in [0, 0.1) is 22.7 Å². The minimum absolute atomic E-state index is 0.000671. The van der Waals surface area contributed by atoms with Crippen molar-refractivity contribution in [3.05, 3.63) is 101 Å². The van der Waals surface area contributed by atoms with E-state index in [4.69, 9.17) is 42.5 Å². The van der Waals surface area contributed by atoms with E-state index in [9.17, 15) is 63.4 Å². The zero-order valence-corrected chi connectivity index (χ0v) is 41.5. The fraction of sp³-hybridized carbons (Fsp3) is 0.279. The largest absolute Gasteiger partial charge is 0.479 e. The molecule has 0 radical (unpaired) electrons. The number of carbonyl (C=O) groups excluding carboxylic acids is 2. The highest BCUT2D eigenvalue weighted by Crippen LogP contribution is 2.33. The fourth-order valence-corrected chi connectivity index (χ4v) is 6.40. The minimum atomic E-state index is -4.53. The molecule has 1 unspecified atom stereocenters. The van der Waals surface area contributed by atoms with E-state index in [1.165, 1.54) is 75.2 Å². The Hall–Kier alpha value is -7.45. The van der Waals surface area contributed by atoms with Gasteiger partial charge in [0.1, 0.15) is 45.5 Å². The van der Waals surface area contributed by atoms with Gasteiger partial charge >= 0.3 is 24.5 Å². The number of thioether (sulfide) groups is 2. The van der Waals surface area contributed by atoms with Gasteiger partial charge in [-0.3, -0.25) is 13.8 Å². The van der Waals surface area contributed by atoms with Crippen LogP contribution in [0.5, 0.6) is 5.88 Å². The lowest BCUT2D eigenvalue weighted by molar-refractivity contribution is -0.145. The van der Waals surface area contributed by atoms with E-state index in [1.54, 1.807) is 12.5 Å². The molecule has 31 heteroatoms. The van der Waals surface area contributed by atoms with Crippen molar-refractivity contribution in [1.82, 2.24) is 19.9 Å². The molecule has 0 saturated heterocycles. The number of alkyl halides is 9. The van der Waals surface area contributed by atoms with Crippen LogP contribution in [0.4, 0.5) is 68.5 Å². The maximum atomic E-state index is 12.7. The van der Waals surface area contributed by atoms with Crippen LogP contribution < -0.4 is 32.6 Å². The second-order valence-electron chi connectivity index (χ2n) is 13.9. The topological polar surface area (TPSA) is 339 Å². The molecule has 0 aliphatic carbocycles. The van der Waals surface area contributed by atoms with Crippen molar-refractivity contribution < 1.29 is 78.2 Å². The highest BCUT2D eigenvalue weighted by atomic mass is 32.2. The summed E-state index contributed by atoms with van der Waals surface area (Å²) in [6, 6.07) is 16.8. The van der Waals surface area contributed by atoms with E-state index in [0.717, 1.165) is 48.2 Å². The molecule has 0 aliphatic rings. The summed E-state index contributed by atoms with van der Waals surface area (Å²) in [7, 11) is -1.33. The lowest BCUT2D eigenvalue weighted by Crippen LogP contribution is -2.31. The molecule has 74 heavy (non-hydrogen) atoms. The Kier molecular flexibility index (Phi) is 25.6. The second-order valence-corrected chi connectivity index (χ2v) is 16.8. The summed E-state index contributed by atoms with van der Waals surface area (Å²) in [5.74, 6) is -2.94. The molecule has 2 heterocycles. The number of halogens is 9. The minimum Gasteiger partial charge on any atom is -0.479 e. The lowest BCUT2D eigenvalue weighted by Gasteiger charge is -2.16. The Morgan fingerprint density at radius 3 is 1.41 bits per heavy atom. The number of nitrogens with zero attached hydrogens (tertiary/aromatic N) is 6. The van der Waals surface area contributed by atoms with Gasteiger partial charge in [-0.15, -0.1) is 23.5 Å². The predicted octanol–water partition coefficient (Wildman–Crippen LogP) is 7.23. The van der Waals surface area contributed by atoms with Crippen molar-refractivity contribution in [2.45, 2.75) is 72.7 Å². The number of ether oxygens (including phenoxy) is 1. The van der Waals surface area contributed by atoms with Crippen molar-refractivity contribution in [2.24, 2.45) is 0 Å². The van der Waals surface area contributed by atoms with E-state index < -0.39 is 82.1 Å². The average molecular weight is 1110 g/mol. The molecule has 0 aliphatic heterocycles. The number of nitrogens with one attached hydrogen (secondary N) is 2. The van der Waals surface area contributed by atoms with Crippen LogP contribution in [0.15, 0.2) is 87.9 Å². The molecule has 11 N–H and O–H groups in total. The zero-order chi connectivity index (χ0) is 56.9. The van der Waals surface area contributed by atoms with E-state index in [2.05, 4.69) is 30.6 Å². The van der Waals surface area contributed by atoms with Crippen LogP contribution in [0.1, 0.15) is 48.6 Å². The highest BCUT2D eigenvalue weighted by molar-refractivity contribution is 7.98. The highest BCUT2D eigenvalue weighted by Gasteiger charge is 2.32. The van der Waals surface area contributed by atoms with E-state index in [1.807, 2.05) is 12.1 Å². The predicted molar refractivity (Wildman–Crippen MR) is 255 cm³/mol. The first-order valence-electron chi connectivity index (χ1n) is 19.9. The molecule has 19 nitrogen and oxygen atoms in total. The van der Waals surface area contributed by atoms with Crippen molar-refractivity contribution in [2.75, 3.05) is 46.6 Å². The van der Waals surface area contributed by atoms with Gasteiger partial charge in [0.2, 0.25) is 17.8 Å². The van der Waals surface area contributed by atoms with Gasteiger partial charge in [-0.1, -0.05) is 18.2 Å². The van der Waals surface area contributed by atoms with Gasteiger partial charge in [-0.25, -0.2) is 19.7 Å². The van der Waals surface area contributed by atoms with Crippen molar-refractivity contribution in [1.29, 1.82) is 10.5 Å². The number of aliphatic hydroxyl groups excluding tert-OH is 2. The van der Waals surface area contributed by atoms with Crippen molar-refractivity contribution in [3.63, 3.8) is 0 Å². The Bertz CT molecular complexity index is 2830. The molecule has 5 rings (SSSR count). The number of aromatic nitrogens is 4.